The number of nitrogens with two attached hydrogens (primary N) is 1. The van der Waals surface area contributed by atoms with E-state index in [9.17, 15) is 27.9 Å². The third-order valence-corrected chi connectivity index (χ3v) is 8.99. The van der Waals surface area contributed by atoms with Crippen molar-refractivity contribution in [1.82, 2.24) is 25.4 Å². The first-order chi connectivity index (χ1) is 22.1. The molecule has 47 heavy (non-hydrogen) atoms. The Hall–Kier alpha value is -4.37. The summed E-state index contributed by atoms with van der Waals surface area (Å²) in [6.07, 6.45) is 2.56. The van der Waals surface area contributed by atoms with Crippen LogP contribution < -0.4 is 25.8 Å². The maximum absolute atomic E-state index is 13.3. The van der Waals surface area contributed by atoms with Gasteiger partial charge in [-0.2, -0.15) is 18.2 Å². The van der Waals surface area contributed by atoms with Crippen molar-refractivity contribution >= 4 is 61.3 Å². The number of carboxylic acid groups (broad SMARTS) is 1. The number of oxime groups is 1. The van der Waals surface area contributed by atoms with Crippen LogP contribution in [0.3, 0.4) is 0 Å². The minimum atomic E-state index is -5.01. The molecular weight excluding hydrogens is 660 g/mol. The Bertz CT molecular complexity index is 1820. The number of benzene rings is 1. The third-order valence-electron chi connectivity index (χ3n) is 7.97. The van der Waals surface area contributed by atoms with Gasteiger partial charge in [0.05, 0.1) is 18.0 Å². The van der Waals surface area contributed by atoms with E-state index in [1.165, 1.54) is 19.2 Å². The lowest BCUT2D eigenvalue weighted by Gasteiger charge is -2.50. The number of nitrogen functional groups attached to an aromatic ring is 1. The molecule has 2 aromatic heterocycles. The molecule has 5 rings (SSSR count). The van der Waals surface area contributed by atoms with Crippen LogP contribution in [-0.2, 0) is 47.5 Å². The number of aliphatic carboxylic acids is 1. The van der Waals surface area contributed by atoms with E-state index in [-0.39, 0.29) is 10.8 Å². The topological polar surface area (TPSA) is 241 Å². The Morgan fingerprint density at radius 3 is 2.66 bits per heavy atom. The van der Waals surface area contributed by atoms with Gasteiger partial charge in [0.15, 0.2) is 17.4 Å². The molecule has 0 saturated carbocycles. The Kier molecular flexibility index (Phi) is 9.68. The lowest BCUT2D eigenvalue weighted by molar-refractivity contribution is -0.776. The molecule has 18 nitrogen and oxygen atoms in total. The number of carboxylic acids is 1. The molecule has 2 fully saturated rings. The quantitative estimate of drug-likeness (QED) is 0.0503. The maximum Gasteiger partial charge on any atom is 0.418 e. The van der Waals surface area contributed by atoms with Crippen LogP contribution in [0, 0.1) is 5.92 Å². The van der Waals surface area contributed by atoms with Crippen LogP contribution >= 0.6 is 11.3 Å². The van der Waals surface area contributed by atoms with Gasteiger partial charge in [-0.25, -0.2) is 9.78 Å². The minimum absolute atomic E-state index is 0.0692. The summed E-state index contributed by atoms with van der Waals surface area (Å²) in [6.45, 7) is 5.14. The van der Waals surface area contributed by atoms with Gasteiger partial charge < -0.3 is 31.0 Å². The number of carbonyl (C=O) groups is 3. The number of β-lactam (4-membered cyclic amide) rings is 1. The molecule has 1 unspecified atom stereocenters. The second-order valence-corrected chi connectivity index (χ2v) is 13.5. The van der Waals surface area contributed by atoms with E-state index in [4.69, 9.17) is 19.9 Å². The Balaban J connectivity index is 1.28. The van der Waals surface area contributed by atoms with Crippen LogP contribution in [0.15, 0.2) is 34.9 Å². The lowest BCUT2D eigenvalue weighted by Crippen LogP contribution is -2.76. The normalized spacial score (nSPS) is 19.3. The smallest absolute Gasteiger partial charge is 0.418 e. The van der Waals surface area contributed by atoms with Crippen molar-refractivity contribution in [2.75, 3.05) is 25.4 Å². The van der Waals surface area contributed by atoms with Crippen molar-refractivity contribution in [2.45, 2.75) is 50.9 Å². The number of amides is 2. The third kappa shape index (κ3) is 7.62. The fourth-order valence-electron chi connectivity index (χ4n) is 5.37. The number of aryl methyl sites for hydroxylation is 1. The second-order valence-electron chi connectivity index (χ2n) is 11.6. The number of carbonyl (C=O) groups excluding carboxylic acids is 2. The zero-order chi connectivity index (χ0) is 34.1. The minimum Gasteiger partial charge on any atom is -0.489 e. The van der Waals surface area contributed by atoms with Crippen molar-refractivity contribution in [3.8, 4) is 5.75 Å². The fraction of sp³-hybridized carbons (Fsp3) is 0.481. The molecule has 2 aliphatic rings. The molecular formula is C27H35N8O10S2+. The van der Waals surface area contributed by atoms with E-state index in [0.29, 0.717) is 16.7 Å². The number of hydrogen-bond acceptors (Lipinski definition) is 13. The van der Waals surface area contributed by atoms with Gasteiger partial charge >= 0.3 is 16.4 Å². The number of fused-ring (bicyclic) bond motifs is 1. The first-order valence-corrected chi connectivity index (χ1v) is 16.7. The van der Waals surface area contributed by atoms with Gasteiger partial charge in [0.25, 0.3) is 17.9 Å². The number of hydroxylamine groups is 2. The molecule has 2 atom stereocenters. The summed E-state index contributed by atoms with van der Waals surface area (Å²) in [7, 11) is -3.03. The number of thiazole rings is 1. The molecule has 0 spiro atoms. The van der Waals surface area contributed by atoms with Crippen molar-refractivity contribution in [1.29, 1.82) is 0 Å². The van der Waals surface area contributed by atoms with Crippen LogP contribution in [0.4, 0.5) is 5.13 Å². The standard InChI is InChI=1S/C27H34N8O10S2/c1-27(2)22(24(37)35(27)45-47(40,41)42)31-23(36)21(18-14-46-26(28)30-18)32-44-20(25(38)39)13-43-17-4-5-19-16(10-17)12-34(33(19)3)11-15-6-8-29-9-7-15/h4-5,10,12,14-15,20,22,29H,6-9,11,13H2,1-3H3,(H4-,28,30,31,36,38,39,40,41,42)/p+1/b32-21-/t20-,22?/m0/s1. The van der Waals surface area contributed by atoms with Gasteiger partial charge in [-0.3, -0.25) is 14.1 Å². The van der Waals surface area contributed by atoms with Crippen molar-refractivity contribution < 1.29 is 51.0 Å². The van der Waals surface area contributed by atoms with Gasteiger partial charge in [-0.15, -0.1) is 20.3 Å². The molecule has 0 aliphatic carbocycles. The van der Waals surface area contributed by atoms with Gasteiger partial charge in [-0.05, 0) is 58.0 Å². The van der Waals surface area contributed by atoms with Crippen LogP contribution in [0.1, 0.15) is 32.4 Å². The summed E-state index contributed by atoms with van der Waals surface area (Å²) >= 11 is 0.970. The van der Waals surface area contributed by atoms with Crippen LogP contribution in [0.5, 0.6) is 5.75 Å². The van der Waals surface area contributed by atoms with Crippen molar-refractivity contribution in [3.63, 3.8) is 0 Å². The summed E-state index contributed by atoms with van der Waals surface area (Å²) in [4.78, 5) is 47.1. The van der Waals surface area contributed by atoms with E-state index in [2.05, 4.69) is 34.4 Å². The summed E-state index contributed by atoms with van der Waals surface area (Å²) in [5, 5.41) is 22.0. The monoisotopic (exact) mass is 695 g/mol. The summed E-state index contributed by atoms with van der Waals surface area (Å²) in [5.74, 6) is -2.46. The van der Waals surface area contributed by atoms with E-state index in [1.54, 1.807) is 12.1 Å². The van der Waals surface area contributed by atoms with Gasteiger partial charge in [-0.1, -0.05) is 5.16 Å². The highest BCUT2D eigenvalue weighted by Crippen LogP contribution is 2.33. The second kappa shape index (κ2) is 13.4. The Morgan fingerprint density at radius 2 is 2.04 bits per heavy atom. The SMILES string of the molecule is Cn1c2ccc(OC[C@H](O/N=C(\C(=O)NC3C(=O)N(OS(=O)(=O)O)C3(C)C)c3csc(N)n3)C(=O)O)cc2c[n+]1CC1CCNCC1. The maximum atomic E-state index is 13.3. The number of piperidine rings is 1. The molecule has 6 N–H and O–H groups in total. The van der Waals surface area contributed by atoms with E-state index in [0.717, 1.165) is 54.7 Å². The molecule has 0 bridgehead atoms. The molecule has 0 radical (unpaired) electrons. The summed E-state index contributed by atoms with van der Waals surface area (Å²) in [5.41, 5.74) is 4.69. The van der Waals surface area contributed by atoms with E-state index >= 15 is 0 Å². The van der Waals surface area contributed by atoms with Gasteiger partial charge in [0.2, 0.25) is 6.20 Å². The molecule has 3 aromatic rings. The largest absolute Gasteiger partial charge is 0.489 e. The number of nitrogens with zero attached hydrogens (tertiary/aromatic N) is 5. The highest BCUT2D eigenvalue weighted by Gasteiger charge is 2.58. The molecule has 254 valence electrons. The van der Waals surface area contributed by atoms with Crippen molar-refractivity contribution in [2.24, 2.45) is 18.1 Å². The number of rotatable bonds is 13. The van der Waals surface area contributed by atoms with Crippen LogP contribution in [0.25, 0.3) is 10.9 Å². The molecule has 2 amide bonds. The summed E-state index contributed by atoms with van der Waals surface area (Å²) < 4.78 is 45.4. The van der Waals surface area contributed by atoms with E-state index in [1.807, 2.05) is 19.3 Å². The molecule has 1 aromatic carbocycles. The lowest BCUT2D eigenvalue weighted by atomic mass is 9.84. The first-order valence-electron chi connectivity index (χ1n) is 14.5. The Labute approximate surface area is 272 Å². The predicted molar refractivity (Wildman–Crippen MR) is 165 cm³/mol. The fourth-order valence-corrected chi connectivity index (χ4v) is 6.37. The highest BCUT2D eigenvalue weighted by atomic mass is 32.3. The van der Waals surface area contributed by atoms with Gasteiger partial charge in [0, 0.05) is 11.3 Å². The molecule has 4 heterocycles. The van der Waals surface area contributed by atoms with Crippen LogP contribution in [-0.4, -0.2) is 93.7 Å². The number of ether oxygens (including phenoxy) is 1. The first kappa shape index (κ1) is 34.0. The average Bonchev–Trinajstić information content (AvgIpc) is 3.57. The van der Waals surface area contributed by atoms with Crippen molar-refractivity contribution in [3.05, 3.63) is 35.5 Å². The van der Waals surface area contributed by atoms with E-state index < -0.39 is 58.2 Å². The zero-order valence-corrected chi connectivity index (χ0v) is 27.3. The van der Waals surface area contributed by atoms with Crippen LogP contribution in [0.2, 0.25) is 0 Å². The molecule has 2 aliphatic heterocycles. The van der Waals surface area contributed by atoms with Gasteiger partial charge in [0.1, 0.15) is 29.6 Å². The Morgan fingerprint density at radius 1 is 1.32 bits per heavy atom. The number of aromatic nitrogens is 3. The summed E-state index contributed by atoms with van der Waals surface area (Å²) in [6, 6.07) is 4.06. The number of hydrogen-bond donors (Lipinski definition) is 5. The molecule has 20 heteroatoms. The average molecular weight is 696 g/mol. The zero-order valence-electron chi connectivity index (χ0n) is 25.7. The number of anilines is 1. The molecule has 2 saturated heterocycles. The predicted octanol–water partition coefficient (Wildman–Crippen LogP) is -0.403. The highest BCUT2D eigenvalue weighted by molar-refractivity contribution is 7.80. The number of nitrogens with one attached hydrogen (secondary N) is 2.